The van der Waals surface area contributed by atoms with E-state index in [1.807, 2.05) is 0 Å². The molecule has 0 bridgehead atoms. The summed E-state index contributed by atoms with van der Waals surface area (Å²) in [5, 5.41) is 0. The van der Waals surface area contributed by atoms with E-state index in [-0.39, 0.29) is 44.2 Å². The van der Waals surface area contributed by atoms with Gasteiger partial charge in [-0.1, -0.05) is 18.2 Å². The van der Waals surface area contributed by atoms with Crippen molar-refractivity contribution in [2.45, 2.75) is 14.7 Å². The van der Waals surface area contributed by atoms with Gasteiger partial charge in [0, 0.05) is 4.90 Å². The summed E-state index contributed by atoms with van der Waals surface area (Å²) in [5.74, 6) is 0. The number of hydrogen-bond acceptors (Lipinski definition) is 4. The Morgan fingerprint density at radius 1 is 0.842 bits per heavy atom. The second-order valence-electron chi connectivity index (χ2n) is 3.52. The molecular formula is C12H9NaO4S2. The Balaban J connectivity index is 0.00000180. The summed E-state index contributed by atoms with van der Waals surface area (Å²) in [5.41, 5.74) is 0. The van der Waals surface area contributed by atoms with Gasteiger partial charge in [0.2, 0.25) is 9.84 Å². The van der Waals surface area contributed by atoms with Gasteiger partial charge in [-0.3, -0.25) is 4.21 Å². The zero-order valence-corrected chi connectivity index (χ0v) is 13.8. The van der Waals surface area contributed by atoms with Crippen LogP contribution in [0.1, 0.15) is 0 Å². The molecule has 0 amide bonds. The number of rotatable bonds is 3. The molecule has 0 saturated carbocycles. The SMILES string of the molecule is O=S([O-])c1ccc(S(=O)(=O)c2ccccc2)cc1.[Na+]. The van der Waals surface area contributed by atoms with Crippen molar-refractivity contribution in [2.75, 3.05) is 0 Å². The van der Waals surface area contributed by atoms with Gasteiger partial charge in [-0.05, 0) is 47.5 Å². The summed E-state index contributed by atoms with van der Waals surface area (Å²) >= 11 is -2.35. The average molecular weight is 304 g/mol. The Kier molecular flexibility index (Phi) is 5.91. The van der Waals surface area contributed by atoms with E-state index in [1.165, 1.54) is 36.4 Å². The normalized spacial score (nSPS) is 12.5. The van der Waals surface area contributed by atoms with Gasteiger partial charge in [0.25, 0.3) is 0 Å². The molecule has 0 aromatic heterocycles. The maximum atomic E-state index is 12.2. The molecule has 0 fully saturated rings. The molecule has 0 radical (unpaired) electrons. The summed E-state index contributed by atoms with van der Waals surface area (Å²) in [6.45, 7) is 0. The summed E-state index contributed by atoms with van der Waals surface area (Å²) in [6.07, 6.45) is 0. The minimum Gasteiger partial charge on any atom is -0.768 e. The molecule has 4 nitrogen and oxygen atoms in total. The van der Waals surface area contributed by atoms with Crippen LogP contribution in [-0.2, 0) is 20.9 Å². The minimum absolute atomic E-state index is 0. The van der Waals surface area contributed by atoms with Crippen molar-refractivity contribution >= 4 is 20.9 Å². The van der Waals surface area contributed by atoms with Crippen LogP contribution >= 0.6 is 0 Å². The predicted octanol–water partition coefficient (Wildman–Crippen LogP) is -1.24. The van der Waals surface area contributed by atoms with Crippen molar-refractivity contribution in [3.63, 3.8) is 0 Å². The molecule has 19 heavy (non-hydrogen) atoms. The third-order valence-corrected chi connectivity index (χ3v) is 4.82. The fraction of sp³-hybridized carbons (Fsp3) is 0. The van der Waals surface area contributed by atoms with E-state index in [0.717, 1.165) is 0 Å². The van der Waals surface area contributed by atoms with Gasteiger partial charge in [0.05, 0.1) is 9.79 Å². The van der Waals surface area contributed by atoms with Gasteiger partial charge in [0.15, 0.2) is 0 Å². The molecular weight excluding hydrogens is 295 g/mol. The third kappa shape index (κ3) is 3.75. The molecule has 0 aliphatic heterocycles. The van der Waals surface area contributed by atoms with Crippen molar-refractivity contribution < 1.29 is 46.7 Å². The first-order valence-corrected chi connectivity index (χ1v) is 7.57. The van der Waals surface area contributed by atoms with Crippen molar-refractivity contribution in [1.82, 2.24) is 0 Å². The molecule has 7 heteroatoms. The molecule has 2 aromatic carbocycles. The van der Waals surface area contributed by atoms with Gasteiger partial charge in [0.1, 0.15) is 0 Å². The van der Waals surface area contributed by atoms with Crippen LogP contribution in [0, 0.1) is 0 Å². The van der Waals surface area contributed by atoms with Gasteiger partial charge in [-0.15, -0.1) is 0 Å². The van der Waals surface area contributed by atoms with Crippen LogP contribution in [0.15, 0.2) is 69.3 Å². The van der Waals surface area contributed by atoms with Gasteiger partial charge >= 0.3 is 29.6 Å². The van der Waals surface area contributed by atoms with Crippen LogP contribution < -0.4 is 29.6 Å². The summed E-state index contributed by atoms with van der Waals surface area (Å²) < 4.78 is 45.7. The van der Waals surface area contributed by atoms with Gasteiger partial charge in [-0.2, -0.15) is 0 Å². The van der Waals surface area contributed by atoms with E-state index in [1.54, 1.807) is 18.2 Å². The van der Waals surface area contributed by atoms with E-state index in [4.69, 9.17) is 0 Å². The molecule has 2 rings (SSSR count). The maximum absolute atomic E-state index is 12.2. The van der Waals surface area contributed by atoms with Crippen molar-refractivity contribution in [1.29, 1.82) is 0 Å². The number of hydrogen-bond donors (Lipinski definition) is 0. The van der Waals surface area contributed by atoms with Crippen LogP contribution in [0.5, 0.6) is 0 Å². The molecule has 0 spiro atoms. The Morgan fingerprint density at radius 3 is 1.79 bits per heavy atom. The Morgan fingerprint density at radius 2 is 1.32 bits per heavy atom. The summed E-state index contributed by atoms with van der Waals surface area (Å²) in [7, 11) is -3.58. The summed E-state index contributed by atoms with van der Waals surface area (Å²) in [4.78, 5) is 0.311. The Bertz CT molecular complexity index is 667. The second kappa shape index (κ2) is 6.78. The summed E-state index contributed by atoms with van der Waals surface area (Å²) in [6, 6.07) is 13.1. The second-order valence-corrected chi connectivity index (χ2v) is 6.41. The zero-order chi connectivity index (χ0) is 13.2. The quantitative estimate of drug-likeness (QED) is 0.525. The van der Waals surface area contributed by atoms with Crippen LogP contribution in [0.25, 0.3) is 0 Å². The van der Waals surface area contributed by atoms with E-state index < -0.39 is 20.9 Å². The molecule has 0 aliphatic rings. The Hall–Kier alpha value is -0.500. The zero-order valence-electron chi connectivity index (χ0n) is 10.1. The van der Waals surface area contributed by atoms with Crippen molar-refractivity contribution in [3.8, 4) is 0 Å². The molecule has 1 unspecified atom stereocenters. The van der Waals surface area contributed by atoms with Crippen LogP contribution in [0.3, 0.4) is 0 Å². The van der Waals surface area contributed by atoms with Gasteiger partial charge < -0.3 is 4.55 Å². The molecule has 0 saturated heterocycles. The average Bonchev–Trinajstić information content (AvgIpc) is 2.40. The first-order valence-electron chi connectivity index (χ1n) is 5.01. The first-order chi connectivity index (χ1) is 8.51. The minimum atomic E-state index is -3.58. The molecule has 1 atom stereocenters. The fourth-order valence-corrected chi connectivity index (χ4v) is 3.11. The van der Waals surface area contributed by atoms with Gasteiger partial charge in [-0.25, -0.2) is 8.42 Å². The molecule has 2 aromatic rings. The van der Waals surface area contributed by atoms with Crippen molar-refractivity contribution in [2.24, 2.45) is 0 Å². The topological polar surface area (TPSA) is 74.3 Å². The largest absolute Gasteiger partial charge is 1.00 e. The first kappa shape index (κ1) is 16.6. The standard InChI is InChI=1S/C12H10O4S2.Na/c13-17(14)10-6-8-12(9-7-10)18(15,16)11-4-2-1-3-5-11;/h1-9H,(H,13,14);/q;+1/p-1. The smallest absolute Gasteiger partial charge is 0.768 e. The fourth-order valence-electron chi connectivity index (χ4n) is 1.47. The predicted molar refractivity (Wildman–Crippen MR) is 65.5 cm³/mol. The molecule has 0 N–H and O–H groups in total. The van der Waals surface area contributed by atoms with Crippen LogP contribution in [0.2, 0.25) is 0 Å². The van der Waals surface area contributed by atoms with E-state index in [0.29, 0.717) is 0 Å². The monoisotopic (exact) mass is 304 g/mol. The molecule has 94 valence electrons. The third-order valence-electron chi connectivity index (χ3n) is 2.38. The number of sulfone groups is 1. The number of benzene rings is 2. The van der Waals surface area contributed by atoms with E-state index >= 15 is 0 Å². The van der Waals surface area contributed by atoms with Crippen molar-refractivity contribution in [3.05, 3.63) is 54.6 Å². The molecule has 0 heterocycles. The van der Waals surface area contributed by atoms with E-state index in [9.17, 15) is 17.2 Å². The van der Waals surface area contributed by atoms with Crippen LogP contribution in [0.4, 0.5) is 0 Å². The maximum Gasteiger partial charge on any atom is 1.00 e. The van der Waals surface area contributed by atoms with Crippen LogP contribution in [-0.4, -0.2) is 17.2 Å². The molecule has 0 aliphatic carbocycles. The van der Waals surface area contributed by atoms with E-state index in [2.05, 4.69) is 0 Å². The Labute approximate surface area is 136 Å².